The van der Waals surface area contributed by atoms with E-state index in [1.54, 1.807) is 17.6 Å². The molecule has 0 atom stereocenters. The Morgan fingerprint density at radius 2 is 2.24 bits per heavy atom. The van der Waals surface area contributed by atoms with E-state index >= 15 is 0 Å². The van der Waals surface area contributed by atoms with Crippen molar-refractivity contribution in [2.75, 3.05) is 0 Å². The van der Waals surface area contributed by atoms with E-state index in [2.05, 4.69) is 17.0 Å². The zero-order valence-electron chi connectivity index (χ0n) is 11.9. The van der Waals surface area contributed by atoms with Crippen LogP contribution >= 0.6 is 11.3 Å². The highest BCUT2D eigenvalue weighted by atomic mass is 32.1. The first-order valence-corrected chi connectivity index (χ1v) is 7.60. The summed E-state index contributed by atoms with van der Waals surface area (Å²) in [4.78, 5) is 18.6. The molecule has 0 saturated heterocycles. The molecule has 0 aliphatic rings. The first-order chi connectivity index (χ1) is 10.2. The number of nitrogens with zero attached hydrogens (tertiary/aromatic N) is 3. The zero-order chi connectivity index (χ0) is 14.8. The van der Waals surface area contributed by atoms with Crippen LogP contribution in [0.1, 0.15) is 22.9 Å². The van der Waals surface area contributed by atoms with Gasteiger partial charge in [0.05, 0.1) is 11.6 Å². The van der Waals surface area contributed by atoms with Crippen molar-refractivity contribution in [1.82, 2.24) is 9.66 Å². The molecule has 2 heterocycles. The predicted octanol–water partition coefficient (Wildman–Crippen LogP) is 3.21. The Morgan fingerprint density at radius 3 is 3.00 bits per heavy atom. The molecule has 0 bridgehead atoms. The highest BCUT2D eigenvalue weighted by Gasteiger charge is 2.07. The fourth-order valence-electron chi connectivity index (χ4n) is 2.10. The molecular weight excluding hydrogens is 282 g/mol. The third-order valence-corrected chi connectivity index (χ3v) is 4.40. The summed E-state index contributed by atoms with van der Waals surface area (Å²) in [6.07, 6.45) is 4.06. The number of aromatic nitrogens is 2. The molecule has 106 valence electrons. The molecule has 0 unspecified atom stereocenters. The van der Waals surface area contributed by atoms with Crippen LogP contribution in [0.5, 0.6) is 0 Å². The van der Waals surface area contributed by atoms with Crippen molar-refractivity contribution in [3.8, 4) is 0 Å². The maximum absolute atomic E-state index is 12.4. The van der Waals surface area contributed by atoms with Gasteiger partial charge in [-0.05, 0) is 25.0 Å². The Balaban J connectivity index is 2.01. The van der Waals surface area contributed by atoms with Crippen LogP contribution in [0.15, 0.2) is 46.6 Å². The molecule has 21 heavy (non-hydrogen) atoms. The zero-order valence-corrected chi connectivity index (χ0v) is 12.7. The molecule has 0 amide bonds. The van der Waals surface area contributed by atoms with Crippen LogP contribution in [-0.2, 0) is 6.42 Å². The Hall–Kier alpha value is -2.27. The fraction of sp³-hybridized carbons (Fsp3) is 0.188. The van der Waals surface area contributed by atoms with Crippen LogP contribution in [0.25, 0.3) is 10.2 Å². The van der Waals surface area contributed by atoms with Crippen molar-refractivity contribution in [1.29, 1.82) is 0 Å². The number of fused-ring (bicyclic) bond motifs is 1. The summed E-state index contributed by atoms with van der Waals surface area (Å²) in [5, 5.41) is 4.86. The maximum atomic E-state index is 12.4. The second-order valence-electron chi connectivity index (χ2n) is 4.84. The summed E-state index contributed by atoms with van der Waals surface area (Å²) in [6.45, 7) is 4.09. The third kappa shape index (κ3) is 2.78. The molecule has 0 saturated carbocycles. The van der Waals surface area contributed by atoms with Gasteiger partial charge in [0.2, 0.25) is 0 Å². The Morgan fingerprint density at radius 1 is 1.38 bits per heavy atom. The van der Waals surface area contributed by atoms with Gasteiger partial charge in [0.25, 0.3) is 5.56 Å². The predicted molar refractivity (Wildman–Crippen MR) is 87.4 cm³/mol. The summed E-state index contributed by atoms with van der Waals surface area (Å²) in [5.41, 5.74) is 1.99. The molecule has 3 aromatic rings. The molecule has 1 aromatic carbocycles. The van der Waals surface area contributed by atoms with Gasteiger partial charge >= 0.3 is 0 Å². The van der Waals surface area contributed by atoms with Crippen LogP contribution in [-0.4, -0.2) is 15.9 Å². The van der Waals surface area contributed by atoms with Crippen molar-refractivity contribution >= 4 is 27.8 Å². The van der Waals surface area contributed by atoms with E-state index in [0.29, 0.717) is 5.39 Å². The van der Waals surface area contributed by atoms with Crippen molar-refractivity contribution < 1.29 is 0 Å². The average molecular weight is 297 g/mol. The van der Waals surface area contributed by atoms with Gasteiger partial charge in [-0.1, -0.05) is 36.8 Å². The number of hydrogen-bond acceptors (Lipinski definition) is 4. The quantitative estimate of drug-likeness (QED) is 0.697. The Kier molecular flexibility index (Phi) is 3.66. The van der Waals surface area contributed by atoms with Crippen LogP contribution in [0.3, 0.4) is 0 Å². The van der Waals surface area contributed by atoms with E-state index in [0.717, 1.165) is 27.3 Å². The number of hydrogen-bond donors (Lipinski definition) is 0. The summed E-state index contributed by atoms with van der Waals surface area (Å²) in [7, 11) is 0. The van der Waals surface area contributed by atoms with Gasteiger partial charge in [0, 0.05) is 4.88 Å². The maximum Gasteiger partial charge on any atom is 0.282 e. The molecule has 0 radical (unpaired) electrons. The van der Waals surface area contributed by atoms with Crippen LogP contribution in [0.2, 0.25) is 0 Å². The van der Waals surface area contributed by atoms with Gasteiger partial charge < -0.3 is 0 Å². The van der Waals surface area contributed by atoms with Crippen molar-refractivity contribution in [2.24, 2.45) is 5.10 Å². The minimum Gasteiger partial charge on any atom is -0.267 e. The smallest absolute Gasteiger partial charge is 0.267 e. The van der Waals surface area contributed by atoms with Crippen LogP contribution in [0.4, 0.5) is 0 Å². The number of benzene rings is 1. The van der Waals surface area contributed by atoms with E-state index in [1.165, 1.54) is 11.0 Å². The molecule has 4 nitrogen and oxygen atoms in total. The highest BCUT2D eigenvalue weighted by Crippen LogP contribution is 2.20. The van der Waals surface area contributed by atoms with Gasteiger partial charge in [-0.15, -0.1) is 11.3 Å². The lowest BCUT2D eigenvalue weighted by Crippen LogP contribution is -2.16. The molecule has 0 N–H and O–H groups in total. The summed E-state index contributed by atoms with van der Waals surface area (Å²) >= 11 is 1.56. The molecule has 3 rings (SSSR count). The largest absolute Gasteiger partial charge is 0.282 e. The lowest BCUT2D eigenvalue weighted by Gasteiger charge is -1.98. The fourth-order valence-corrected chi connectivity index (χ4v) is 3.02. The summed E-state index contributed by atoms with van der Waals surface area (Å²) in [6, 6.07) is 9.86. The summed E-state index contributed by atoms with van der Waals surface area (Å²) in [5.74, 6) is 0. The normalized spacial score (nSPS) is 11.5. The minimum absolute atomic E-state index is 0.125. The van der Waals surface area contributed by atoms with Gasteiger partial charge in [-0.25, -0.2) is 4.98 Å². The number of thiophene rings is 1. The van der Waals surface area contributed by atoms with E-state index in [-0.39, 0.29) is 5.56 Å². The molecule has 0 spiro atoms. The first-order valence-electron chi connectivity index (χ1n) is 6.78. The average Bonchev–Trinajstić information content (AvgIpc) is 2.91. The molecule has 2 aromatic heterocycles. The van der Waals surface area contributed by atoms with E-state index in [9.17, 15) is 4.79 Å². The second kappa shape index (κ2) is 5.61. The lowest BCUT2D eigenvalue weighted by atomic mass is 10.2. The number of rotatable bonds is 3. The monoisotopic (exact) mass is 297 g/mol. The molecule has 5 heteroatoms. The number of aryl methyl sites for hydroxylation is 2. The molecule has 0 fully saturated rings. The van der Waals surface area contributed by atoms with E-state index < -0.39 is 0 Å². The third-order valence-electron chi connectivity index (χ3n) is 3.21. The van der Waals surface area contributed by atoms with E-state index in [4.69, 9.17) is 0 Å². The van der Waals surface area contributed by atoms with Crippen LogP contribution < -0.4 is 5.56 Å². The molecule has 0 aliphatic heterocycles. The van der Waals surface area contributed by atoms with Crippen LogP contribution in [0, 0.1) is 6.92 Å². The van der Waals surface area contributed by atoms with Gasteiger partial charge in [-0.3, -0.25) is 4.79 Å². The van der Waals surface area contributed by atoms with Crippen molar-refractivity contribution in [2.45, 2.75) is 20.3 Å². The summed E-state index contributed by atoms with van der Waals surface area (Å²) < 4.78 is 1.29. The SMILES string of the molecule is CCc1cc2c(=O)n(/N=C\c3cccc(C)c3)cnc2s1. The molecule has 0 aliphatic carbocycles. The standard InChI is InChI=1S/C16H15N3OS/c1-3-13-8-14-15(21-13)17-10-19(16(14)20)18-9-12-6-4-5-11(2)7-12/h4-10H,3H2,1-2H3/b18-9-. The minimum atomic E-state index is -0.125. The van der Waals surface area contributed by atoms with Crippen molar-refractivity contribution in [3.05, 3.63) is 63.0 Å². The lowest BCUT2D eigenvalue weighted by molar-refractivity contribution is 0.818. The Labute approximate surface area is 126 Å². The second-order valence-corrected chi connectivity index (χ2v) is 5.95. The van der Waals surface area contributed by atoms with Gasteiger partial charge in [-0.2, -0.15) is 9.78 Å². The van der Waals surface area contributed by atoms with Gasteiger partial charge in [0.15, 0.2) is 0 Å². The molecular formula is C16H15N3OS. The van der Waals surface area contributed by atoms with Crippen molar-refractivity contribution in [3.63, 3.8) is 0 Å². The van der Waals surface area contributed by atoms with Gasteiger partial charge in [0.1, 0.15) is 11.2 Å². The highest BCUT2D eigenvalue weighted by molar-refractivity contribution is 7.18. The Bertz CT molecular complexity index is 877. The topological polar surface area (TPSA) is 47.2 Å². The first kappa shape index (κ1) is 13.7. The van der Waals surface area contributed by atoms with E-state index in [1.807, 2.05) is 37.3 Å².